The van der Waals surface area contributed by atoms with Crippen molar-refractivity contribution in [3.8, 4) is 11.5 Å². The third-order valence-electron chi connectivity index (χ3n) is 3.32. The smallest absolute Gasteiger partial charge is 0.211 e. The van der Waals surface area contributed by atoms with E-state index in [9.17, 15) is 0 Å². The molecule has 4 heterocycles. The number of rotatable bonds is 4. The van der Waals surface area contributed by atoms with Crippen LogP contribution in [0.3, 0.4) is 0 Å². The SMILES string of the molecule is C(=N\n1c(-c2ccco2)csc1=Nc1cccnc1)/c1ccccn1. The minimum absolute atomic E-state index is 0.714. The van der Waals surface area contributed by atoms with Gasteiger partial charge in [0.1, 0.15) is 5.69 Å². The lowest BCUT2D eigenvalue weighted by Gasteiger charge is -2.00. The molecule has 25 heavy (non-hydrogen) atoms. The molecule has 0 spiro atoms. The number of hydrogen-bond donors (Lipinski definition) is 0. The van der Waals surface area contributed by atoms with Gasteiger partial charge >= 0.3 is 0 Å². The molecule has 0 atom stereocenters. The van der Waals surface area contributed by atoms with Gasteiger partial charge in [-0.2, -0.15) is 5.10 Å². The normalized spacial score (nSPS) is 12.1. The minimum Gasteiger partial charge on any atom is -0.463 e. The van der Waals surface area contributed by atoms with Crippen LogP contribution in [-0.2, 0) is 0 Å². The molecule has 0 fully saturated rings. The number of furan rings is 1. The molecule has 6 nitrogen and oxygen atoms in total. The van der Waals surface area contributed by atoms with E-state index in [2.05, 4.69) is 20.1 Å². The van der Waals surface area contributed by atoms with E-state index in [1.807, 2.05) is 47.8 Å². The second-order valence-electron chi connectivity index (χ2n) is 5.01. The van der Waals surface area contributed by atoms with Gasteiger partial charge in [0.05, 0.1) is 30.1 Å². The first kappa shape index (κ1) is 15.2. The number of hydrogen-bond acceptors (Lipinski definition) is 6. The zero-order chi connectivity index (χ0) is 16.9. The molecular formula is C18H13N5OS. The van der Waals surface area contributed by atoms with Crippen molar-refractivity contribution in [3.05, 3.63) is 83.2 Å². The molecule has 0 radical (unpaired) electrons. The van der Waals surface area contributed by atoms with Crippen LogP contribution in [0, 0.1) is 0 Å². The Balaban J connectivity index is 1.83. The molecule has 4 aromatic rings. The van der Waals surface area contributed by atoms with Crippen LogP contribution in [0.2, 0.25) is 0 Å². The molecule has 4 aromatic heterocycles. The molecule has 7 heteroatoms. The maximum absolute atomic E-state index is 5.52. The summed E-state index contributed by atoms with van der Waals surface area (Å²) in [5.41, 5.74) is 2.35. The number of thiazole rings is 1. The van der Waals surface area contributed by atoms with Crippen LogP contribution in [0.4, 0.5) is 5.69 Å². The summed E-state index contributed by atoms with van der Waals surface area (Å²) >= 11 is 1.48. The van der Waals surface area contributed by atoms with Crippen LogP contribution < -0.4 is 4.80 Å². The Morgan fingerprint density at radius 1 is 1.08 bits per heavy atom. The first-order valence-electron chi connectivity index (χ1n) is 7.55. The highest BCUT2D eigenvalue weighted by Crippen LogP contribution is 2.21. The van der Waals surface area contributed by atoms with Gasteiger partial charge in [-0.25, -0.2) is 9.67 Å². The van der Waals surface area contributed by atoms with Crippen molar-refractivity contribution >= 4 is 23.2 Å². The molecule has 0 N–H and O–H groups in total. The standard InChI is InChI=1S/C18H13N5OS/c1-2-9-20-14(5-1)12-21-23-16(17-7-4-10-24-17)13-25-18(23)22-15-6-3-8-19-11-15/h1-13H/b21-12+,22-18?. The maximum Gasteiger partial charge on any atom is 0.211 e. The number of aromatic nitrogens is 3. The van der Waals surface area contributed by atoms with Crippen molar-refractivity contribution in [1.29, 1.82) is 0 Å². The van der Waals surface area contributed by atoms with Gasteiger partial charge in [0.25, 0.3) is 0 Å². The fourth-order valence-electron chi connectivity index (χ4n) is 2.18. The van der Waals surface area contributed by atoms with E-state index in [-0.39, 0.29) is 0 Å². The van der Waals surface area contributed by atoms with E-state index < -0.39 is 0 Å². The average Bonchev–Trinajstić information content (AvgIpc) is 3.31. The van der Waals surface area contributed by atoms with Crippen LogP contribution in [0.1, 0.15) is 5.69 Å². The van der Waals surface area contributed by atoms with E-state index in [1.165, 1.54) is 11.3 Å². The Morgan fingerprint density at radius 2 is 2.08 bits per heavy atom. The molecule has 0 unspecified atom stereocenters. The Kier molecular flexibility index (Phi) is 4.30. The van der Waals surface area contributed by atoms with Gasteiger partial charge in [0, 0.05) is 17.8 Å². The van der Waals surface area contributed by atoms with Crippen molar-refractivity contribution < 1.29 is 4.42 Å². The van der Waals surface area contributed by atoms with E-state index >= 15 is 0 Å². The van der Waals surface area contributed by atoms with E-state index in [1.54, 1.807) is 35.7 Å². The van der Waals surface area contributed by atoms with Gasteiger partial charge in [-0.15, -0.1) is 11.3 Å². The molecule has 0 amide bonds. The zero-order valence-electron chi connectivity index (χ0n) is 13.1. The van der Waals surface area contributed by atoms with Crippen LogP contribution in [0.25, 0.3) is 11.5 Å². The topological polar surface area (TPSA) is 68.6 Å². The lowest BCUT2D eigenvalue weighted by Crippen LogP contribution is -2.11. The van der Waals surface area contributed by atoms with Crippen molar-refractivity contribution in [3.63, 3.8) is 0 Å². The molecule has 0 aromatic carbocycles. The molecule has 122 valence electrons. The summed E-state index contributed by atoms with van der Waals surface area (Å²) in [6.45, 7) is 0. The summed E-state index contributed by atoms with van der Waals surface area (Å²) in [5.74, 6) is 0.724. The molecule has 0 aliphatic rings. The van der Waals surface area contributed by atoms with Crippen LogP contribution >= 0.6 is 11.3 Å². The van der Waals surface area contributed by atoms with Gasteiger partial charge in [-0.3, -0.25) is 9.97 Å². The summed E-state index contributed by atoms with van der Waals surface area (Å²) in [6, 6.07) is 13.2. The van der Waals surface area contributed by atoms with Crippen LogP contribution in [0.5, 0.6) is 0 Å². The summed E-state index contributed by atoms with van der Waals surface area (Å²) in [6.07, 6.45) is 8.49. The van der Waals surface area contributed by atoms with E-state index in [4.69, 9.17) is 4.42 Å². The second-order valence-corrected chi connectivity index (χ2v) is 5.85. The lowest BCUT2D eigenvalue weighted by atomic mass is 10.4. The van der Waals surface area contributed by atoms with Gasteiger partial charge in [-0.1, -0.05) is 6.07 Å². The first-order chi connectivity index (χ1) is 12.4. The molecule has 0 bridgehead atoms. The van der Waals surface area contributed by atoms with E-state index in [0.29, 0.717) is 4.80 Å². The number of nitrogens with zero attached hydrogens (tertiary/aromatic N) is 5. The average molecular weight is 347 g/mol. The molecule has 0 saturated heterocycles. The molecule has 0 aliphatic carbocycles. The minimum atomic E-state index is 0.714. The molecule has 0 aliphatic heterocycles. The van der Waals surface area contributed by atoms with Gasteiger partial charge in [0.2, 0.25) is 4.80 Å². The zero-order valence-corrected chi connectivity index (χ0v) is 13.9. The van der Waals surface area contributed by atoms with Crippen molar-refractivity contribution in [2.24, 2.45) is 10.1 Å². The van der Waals surface area contributed by atoms with Gasteiger partial charge < -0.3 is 4.42 Å². The summed E-state index contributed by atoms with van der Waals surface area (Å²) in [4.78, 5) is 13.7. The molecule has 4 rings (SSSR count). The fraction of sp³-hybridized carbons (Fsp3) is 0. The third kappa shape index (κ3) is 3.46. The van der Waals surface area contributed by atoms with Crippen molar-refractivity contribution in [2.45, 2.75) is 0 Å². The van der Waals surface area contributed by atoms with Crippen molar-refractivity contribution in [2.75, 3.05) is 0 Å². The largest absolute Gasteiger partial charge is 0.463 e. The predicted molar refractivity (Wildman–Crippen MR) is 96.7 cm³/mol. The summed E-state index contributed by atoms with van der Waals surface area (Å²) in [7, 11) is 0. The Hall–Kier alpha value is -3.32. The summed E-state index contributed by atoms with van der Waals surface area (Å²) in [5, 5.41) is 6.52. The summed E-state index contributed by atoms with van der Waals surface area (Å²) < 4.78 is 7.26. The highest BCUT2D eigenvalue weighted by molar-refractivity contribution is 7.07. The van der Waals surface area contributed by atoms with Gasteiger partial charge in [-0.05, 0) is 36.4 Å². The fourth-order valence-corrected chi connectivity index (χ4v) is 3.02. The lowest BCUT2D eigenvalue weighted by molar-refractivity contribution is 0.575. The molecular weight excluding hydrogens is 334 g/mol. The second kappa shape index (κ2) is 7.06. The Bertz CT molecular complexity index is 1030. The predicted octanol–water partition coefficient (Wildman–Crippen LogP) is 3.71. The maximum atomic E-state index is 5.52. The highest BCUT2D eigenvalue weighted by Gasteiger charge is 2.10. The highest BCUT2D eigenvalue weighted by atomic mass is 32.1. The van der Waals surface area contributed by atoms with Crippen molar-refractivity contribution in [1.82, 2.24) is 14.6 Å². The monoisotopic (exact) mass is 347 g/mol. The molecule has 0 saturated carbocycles. The quantitative estimate of drug-likeness (QED) is 0.528. The third-order valence-corrected chi connectivity index (χ3v) is 4.14. The van der Waals surface area contributed by atoms with Gasteiger partial charge in [0.15, 0.2) is 5.76 Å². The number of pyridine rings is 2. The van der Waals surface area contributed by atoms with E-state index in [0.717, 1.165) is 22.8 Å². The Morgan fingerprint density at radius 3 is 2.84 bits per heavy atom. The Labute approximate surface area is 147 Å². The van der Waals surface area contributed by atoms with Crippen LogP contribution in [-0.4, -0.2) is 20.9 Å². The first-order valence-corrected chi connectivity index (χ1v) is 8.43. The van der Waals surface area contributed by atoms with Crippen LogP contribution in [0.15, 0.2) is 87.2 Å².